The minimum absolute atomic E-state index is 0.0166. The van der Waals surface area contributed by atoms with E-state index in [-0.39, 0.29) is 29.4 Å². The number of halogens is 1. The number of piperazine rings is 1. The lowest BCUT2D eigenvalue weighted by molar-refractivity contribution is 0.0342. The molecule has 2 N–H and O–H groups in total. The summed E-state index contributed by atoms with van der Waals surface area (Å²) >= 11 is 0. The Labute approximate surface area is 329 Å². The second-order valence-electron chi connectivity index (χ2n) is 15.4. The van der Waals surface area contributed by atoms with Gasteiger partial charge in [-0.3, -0.25) is 24.1 Å². The van der Waals surface area contributed by atoms with Crippen molar-refractivity contribution in [3.63, 3.8) is 0 Å². The van der Waals surface area contributed by atoms with Gasteiger partial charge in [0, 0.05) is 77.2 Å². The highest BCUT2D eigenvalue weighted by Crippen LogP contribution is 2.32. The molecule has 0 unspecified atom stereocenters. The third kappa shape index (κ3) is 10.2. The third-order valence-corrected chi connectivity index (χ3v) is 11.2. The number of nitrogens with one attached hydrogen (secondary N) is 2. The van der Waals surface area contributed by atoms with Gasteiger partial charge in [-0.05, 0) is 92.1 Å². The van der Waals surface area contributed by atoms with E-state index in [1.54, 1.807) is 10.7 Å². The number of carbonyl (C=O) groups excluding carboxylic acids is 2. The number of morpholine rings is 1. The van der Waals surface area contributed by atoms with Gasteiger partial charge in [0.25, 0.3) is 11.8 Å². The molecular weight excluding hydrogens is 712 g/mol. The van der Waals surface area contributed by atoms with E-state index in [2.05, 4.69) is 66.6 Å². The van der Waals surface area contributed by atoms with Crippen molar-refractivity contribution in [1.29, 1.82) is 0 Å². The summed E-state index contributed by atoms with van der Waals surface area (Å²) in [6.07, 6.45) is 4.99. The predicted octanol–water partition coefficient (Wildman–Crippen LogP) is 5.55. The predicted molar refractivity (Wildman–Crippen MR) is 213 cm³/mol. The van der Waals surface area contributed by atoms with Crippen LogP contribution in [-0.2, 0) is 24.9 Å². The number of carbonyl (C=O) groups is 2. The fourth-order valence-corrected chi connectivity index (χ4v) is 7.99. The lowest BCUT2D eigenvalue weighted by atomic mass is 9.91. The Morgan fingerprint density at radius 1 is 0.857 bits per heavy atom. The van der Waals surface area contributed by atoms with Gasteiger partial charge in [0.15, 0.2) is 0 Å². The Bertz CT molecular complexity index is 1950. The largest absolute Gasteiger partial charge is 0.438 e. The van der Waals surface area contributed by atoms with E-state index < -0.39 is 11.7 Å². The number of aromatic nitrogens is 3. The first kappa shape index (κ1) is 39.5. The maximum absolute atomic E-state index is 14.6. The molecule has 0 spiro atoms. The molecule has 2 aliphatic heterocycles. The highest BCUT2D eigenvalue weighted by atomic mass is 19.1. The van der Waals surface area contributed by atoms with Crippen LogP contribution in [0.2, 0.25) is 0 Å². The molecule has 3 fully saturated rings. The van der Waals surface area contributed by atoms with Crippen LogP contribution >= 0.6 is 0 Å². The van der Waals surface area contributed by atoms with Crippen molar-refractivity contribution in [1.82, 2.24) is 40.1 Å². The highest BCUT2D eigenvalue weighted by Gasteiger charge is 2.27. The van der Waals surface area contributed by atoms with Gasteiger partial charge < -0.3 is 25.0 Å². The molecule has 4 aromatic rings. The summed E-state index contributed by atoms with van der Waals surface area (Å²) in [4.78, 5) is 38.1. The van der Waals surface area contributed by atoms with Crippen molar-refractivity contribution in [3.05, 3.63) is 94.7 Å². The lowest BCUT2D eigenvalue weighted by Crippen LogP contribution is -2.46. The highest BCUT2D eigenvalue weighted by molar-refractivity contribution is 5.96. The zero-order chi connectivity index (χ0) is 39.0. The van der Waals surface area contributed by atoms with Crippen molar-refractivity contribution >= 4 is 11.8 Å². The first-order valence-corrected chi connectivity index (χ1v) is 20.1. The number of benzene rings is 2. The van der Waals surface area contributed by atoms with E-state index >= 15 is 0 Å². The van der Waals surface area contributed by atoms with Gasteiger partial charge in [0.05, 0.1) is 19.4 Å². The van der Waals surface area contributed by atoms with Crippen molar-refractivity contribution in [2.75, 3.05) is 59.0 Å². The molecule has 3 aliphatic rings. The van der Waals surface area contributed by atoms with Gasteiger partial charge in [0.1, 0.15) is 22.8 Å². The second kappa shape index (κ2) is 18.5. The number of amides is 2. The average molecular weight is 767 g/mol. The van der Waals surface area contributed by atoms with Gasteiger partial charge in [-0.15, -0.1) is 0 Å². The molecule has 0 bridgehead atoms. The van der Waals surface area contributed by atoms with E-state index in [1.807, 2.05) is 32.2 Å². The minimum Gasteiger partial charge on any atom is -0.438 e. The fraction of sp³-hybridized carbons (Fsp3) is 0.488. The van der Waals surface area contributed by atoms with E-state index in [9.17, 15) is 14.0 Å². The zero-order valence-corrected chi connectivity index (χ0v) is 32.9. The quantitative estimate of drug-likeness (QED) is 0.181. The van der Waals surface area contributed by atoms with E-state index in [0.29, 0.717) is 37.1 Å². The van der Waals surface area contributed by atoms with Crippen molar-refractivity contribution in [3.8, 4) is 22.8 Å². The van der Waals surface area contributed by atoms with Crippen LogP contribution in [0.4, 0.5) is 4.39 Å². The molecule has 0 atom stereocenters. The lowest BCUT2D eigenvalue weighted by Gasteiger charge is -2.34. The van der Waals surface area contributed by atoms with Crippen LogP contribution in [0.1, 0.15) is 76.7 Å². The number of aryl methyl sites for hydroxylation is 2. The Kier molecular flexibility index (Phi) is 13.1. The average Bonchev–Trinajstić information content (AvgIpc) is 3.55. The standard InChI is InChI=1S/C43H55FN8O4/c1-4-14-50-15-17-51(18-16-50)28-31-8-13-38(33(24-31)29-52-19-21-55-22-20-52)32-6-5-7-37(25-32)56-43-39(26-34(44)27-45-43)41(53)46-35-9-11-36(12-10-35)47-42(54)40-23-30(2)49(3)48-40/h5-8,13,23-27,35-36H,4,9-12,14-22,28-29H2,1-3H3,(H,46,53)(H,47,54)/t35-,36+. The van der Waals surface area contributed by atoms with Gasteiger partial charge in [-0.25, -0.2) is 9.37 Å². The van der Waals surface area contributed by atoms with Gasteiger partial charge in [-0.2, -0.15) is 5.10 Å². The fourth-order valence-electron chi connectivity index (χ4n) is 7.99. The molecule has 12 nitrogen and oxygen atoms in total. The normalized spacial score (nSPS) is 19.8. The number of hydrogen-bond acceptors (Lipinski definition) is 9. The summed E-state index contributed by atoms with van der Waals surface area (Å²) in [6.45, 7) is 14.6. The molecule has 2 aromatic heterocycles. The second-order valence-corrected chi connectivity index (χ2v) is 15.4. The molecule has 1 saturated carbocycles. The molecule has 7 rings (SSSR count). The summed E-state index contributed by atoms with van der Waals surface area (Å²) in [5, 5.41) is 10.4. The summed E-state index contributed by atoms with van der Waals surface area (Å²) in [5.41, 5.74) is 5.98. The smallest absolute Gasteiger partial charge is 0.272 e. The molecule has 13 heteroatoms. The molecule has 2 saturated heterocycles. The van der Waals surface area contributed by atoms with Crippen LogP contribution in [0.5, 0.6) is 11.6 Å². The SMILES string of the molecule is CCCN1CCN(Cc2ccc(-c3cccc(Oc4ncc(F)cc4C(=O)N[C@H]4CC[C@@H](NC(=O)c5cc(C)n(C)n5)CC4)c3)c(CN3CCOCC3)c2)CC1. The summed E-state index contributed by atoms with van der Waals surface area (Å²) in [7, 11) is 1.81. The number of hydrogen-bond donors (Lipinski definition) is 2. The van der Waals surface area contributed by atoms with E-state index in [4.69, 9.17) is 9.47 Å². The number of ether oxygens (including phenoxy) is 2. The molecule has 298 valence electrons. The van der Waals surface area contributed by atoms with Crippen LogP contribution in [-0.4, -0.2) is 112 Å². The summed E-state index contributed by atoms with van der Waals surface area (Å²) < 4.78 is 28.1. The monoisotopic (exact) mass is 766 g/mol. The number of rotatable bonds is 13. The first-order valence-electron chi connectivity index (χ1n) is 20.1. The first-order chi connectivity index (χ1) is 27.2. The molecule has 4 heterocycles. The van der Waals surface area contributed by atoms with Crippen LogP contribution < -0.4 is 15.4 Å². The van der Waals surface area contributed by atoms with Crippen LogP contribution in [0.3, 0.4) is 0 Å². The molecule has 1 aliphatic carbocycles. The third-order valence-electron chi connectivity index (χ3n) is 11.2. The van der Waals surface area contributed by atoms with Gasteiger partial charge in [-0.1, -0.05) is 37.3 Å². The Hall–Kier alpha value is -4.69. The molecule has 2 aromatic carbocycles. The molecular formula is C43H55FN8O4. The Balaban J connectivity index is 1.02. The molecule has 2 amide bonds. The number of pyridine rings is 1. The Morgan fingerprint density at radius 2 is 1.55 bits per heavy atom. The van der Waals surface area contributed by atoms with Crippen molar-refractivity contribution in [2.24, 2.45) is 7.05 Å². The minimum atomic E-state index is -0.622. The topological polar surface area (TPSA) is 117 Å². The zero-order valence-electron chi connectivity index (χ0n) is 32.9. The van der Waals surface area contributed by atoms with Crippen molar-refractivity contribution in [2.45, 2.75) is 71.1 Å². The summed E-state index contributed by atoms with van der Waals surface area (Å²) in [6, 6.07) is 17.4. The maximum Gasteiger partial charge on any atom is 0.272 e. The van der Waals surface area contributed by atoms with Crippen LogP contribution in [0.25, 0.3) is 11.1 Å². The van der Waals surface area contributed by atoms with Gasteiger partial charge >= 0.3 is 0 Å². The molecule has 0 radical (unpaired) electrons. The van der Waals surface area contributed by atoms with E-state index in [0.717, 1.165) is 88.6 Å². The van der Waals surface area contributed by atoms with Crippen LogP contribution in [0, 0.1) is 12.7 Å². The Morgan fingerprint density at radius 3 is 2.25 bits per heavy atom. The van der Waals surface area contributed by atoms with Crippen LogP contribution in [0.15, 0.2) is 60.8 Å². The molecule has 56 heavy (non-hydrogen) atoms. The maximum atomic E-state index is 14.6. The van der Waals surface area contributed by atoms with E-state index in [1.165, 1.54) is 30.2 Å². The number of nitrogens with zero attached hydrogens (tertiary/aromatic N) is 6. The summed E-state index contributed by atoms with van der Waals surface area (Å²) in [5.74, 6) is -0.732. The van der Waals surface area contributed by atoms with Gasteiger partial charge in [0.2, 0.25) is 5.88 Å². The van der Waals surface area contributed by atoms with Crippen molar-refractivity contribution < 1.29 is 23.5 Å².